The van der Waals surface area contributed by atoms with Gasteiger partial charge < -0.3 is 4.90 Å². The molecule has 2 rings (SSSR count). The lowest BCUT2D eigenvalue weighted by atomic mass is 10.1. The standard InChI is InChI=1S/C8H7F6N3S/c1-4-15-6(7(9,10)11,8(12,13)14)16-5-17(4)2-3-18-5/h2-3H2,1H3. The summed E-state index contributed by atoms with van der Waals surface area (Å²) in [6, 6.07) is 0. The number of amidine groups is 2. The van der Waals surface area contributed by atoms with Gasteiger partial charge in [-0.2, -0.15) is 26.3 Å². The van der Waals surface area contributed by atoms with Crippen LogP contribution in [0, 0.1) is 0 Å². The first-order chi connectivity index (χ1) is 8.08. The number of thioether (sulfide) groups is 1. The van der Waals surface area contributed by atoms with Crippen LogP contribution < -0.4 is 0 Å². The third-order valence-electron chi connectivity index (χ3n) is 2.54. The van der Waals surface area contributed by atoms with Gasteiger partial charge in [-0.05, 0) is 6.92 Å². The highest BCUT2D eigenvalue weighted by atomic mass is 32.2. The van der Waals surface area contributed by atoms with E-state index in [-0.39, 0.29) is 11.0 Å². The second kappa shape index (κ2) is 3.78. The van der Waals surface area contributed by atoms with Crippen LogP contribution in [0.4, 0.5) is 26.3 Å². The zero-order valence-electron chi connectivity index (χ0n) is 8.93. The van der Waals surface area contributed by atoms with E-state index in [1.54, 1.807) is 0 Å². The molecule has 0 atom stereocenters. The molecule has 102 valence electrons. The van der Waals surface area contributed by atoms with Gasteiger partial charge in [-0.15, -0.1) is 0 Å². The molecule has 2 heterocycles. The summed E-state index contributed by atoms with van der Waals surface area (Å²) >= 11 is 0.860. The summed E-state index contributed by atoms with van der Waals surface area (Å²) < 4.78 is 76.6. The van der Waals surface area contributed by atoms with Gasteiger partial charge in [-0.1, -0.05) is 11.8 Å². The number of rotatable bonds is 0. The highest BCUT2D eigenvalue weighted by Gasteiger charge is 2.73. The van der Waals surface area contributed by atoms with E-state index in [2.05, 4.69) is 9.98 Å². The van der Waals surface area contributed by atoms with Crippen LogP contribution in [0.3, 0.4) is 0 Å². The lowest BCUT2D eigenvalue weighted by Gasteiger charge is -2.35. The average Bonchev–Trinajstić information content (AvgIpc) is 2.61. The molecule has 10 heteroatoms. The van der Waals surface area contributed by atoms with Crippen molar-refractivity contribution >= 4 is 22.8 Å². The van der Waals surface area contributed by atoms with Gasteiger partial charge in [0.05, 0.1) is 0 Å². The third-order valence-corrected chi connectivity index (χ3v) is 3.50. The summed E-state index contributed by atoms with van der Waals surface area (Å²) in [4.78, 5) is 6.88. The summed E-state index contributed by atoms with van der Waals surface area (Å²) in [5.41, 5.74) is -4.37. The quantitative estimate of drug-likeness (QED) is 0.642. The zero-order chi connectivity index (χ0) is 13.8. The van der Waals surface area contributed by atoms with Crippen molar-refractivity contribution in [2.75, 3.05) is 12.3 Å². The fraction of sp³-hybridized carbons (Fsp3) is 0.750. The molecular weight excluding hydrogens is 284 g/mol. The van der Waals surface area contributed by atoms with Gasteiger partial charge >= 0.3 is 18.0 Å². The Morgan fingerprint density at radius 1 is 1.11 bits per heavy atom. The Bertz CT molecular complexity index is 410. The fourth-order valence-corrected chi connectivity index (χ4v) is 2.70. The minimum Gasteiger partial charge on any atom is -0.309 e. The minimum atomic E-state index is -5.62. The van der Waals surface area contributed by atoms with Crippen LogP contribution in [-0.4, -0.2) is 46.2 Å². The molecule has 0 aromatic carbocycles. The molecule has 1 fully saturated rings. The number of fused-ring (bicyclic) bond motifs is 1. The number of alkyl halides is 6. The predicted molar refractivity (Wildman–Crippen MR) is 54.5 cm³/mol. The van der Waals surface area contributed by atoms with Crippen LogP contribution in [0.2, 0.25) is 0 Å². The minimum absolute atomic E-state index is 0.280. The lowest BCUT2D eigenvalue weighted by molar-refractivity contribution is -0.292. The maximum absolute atomic E-state index is 12.8. The van der Waals surface area contributed by atoms with Gasteiger partial charge in [-0.3, -0.25) is 0 Å². The molecule has 0 amide bonds. The molecular formula is C8H7F6N3S. The summed E-state index contributed by atoms with van der Waals surface area (Å²) in [5, 5.41) is -0.280. The van der Waals surface area contributed by atoms with Crippen LogP contribution in [-0.2, 0) is 0 Å². The molecule has 0 spiro atoms. The van der Waals surface area contributed by atoms with Gasteiger partial charge in [0.2, 0.25) is 0 Å². The van der Waals surface area contributed by atoms with Crippen LogP contribution >= 0.6 is 11.8 Å². The Hall–Kier alpha value is -0.930. The molecule has 0 N–H and O–H groups in total. The normalized spacial score (nSPS) is 23.6. The molecule has 2 aliphatic heterocycles. The van der Waals surface area contributed by atoms with E-state index in [1.165, 1.54) is 4.90 Å². The highest BCUT2D eigenvalue weighted by molar-refractivity contribution is 8.14. The molecule has 0 unspecified atom stereocenters. The van der Waals surface area contributed by atoms with E-state index in [4.69, 9.17) is 0 Å². The zero-order valence-corrected chi connectivity index (χ0v) is 9.75. The van der Waals surface area contributed by atoms with Gasteiger partial charge in [-0.25, -0.2) is 9.98 Å². The van der Waals surface area contributed by atoms with Gasteiger partial charge in [0.1, 0.15) is 5.84 Å². The molecule has 0 bridgehead atoms. The smallest absolute Gasteiger partial charge is 0.309 e. The average molecular weight is 291 g/mol. The second-order valence-corrected chi connectivity index (χ2v) is 4.78. The van der Waals surface area contributed by atoms with Crippen LogP contribution in [0.25, 0.3) is 0 Å². The lowest BCUT2D eigenvalue weighted by Crippen LogP contribution is -2.58. The molecule has 0 saturated carbocycles. The van der Waals surface area contributed by atoms with Crippen LogP contribution in [0.15, 0.2) is 9.98 Å². The fourth-order valence-electron chi connectivity index (χ4n) is 1.67. The largest absolute Gasteiger partial charge is 0.443 e. The topological polar surface area (TPSA) is 28.0 Å². The molecule has 0 aromatic heterocycles. The molecule has 2 aliphatic rings. The number of hydrogen-bond acceptors (Lipinski definition) is 4. The number of nitrogens with zero attached hydrogens (tertiary/aromatic N) is 3. The molecule has 3 nitrogen and oxygen atoms in total. The Balaban J connectivity index is 2.60. The van der Waals surface area contributed by atoms with E-state index in [9.17, 15) is 26.3 Å². The van der Waals surface area contributed by atoms with E-state index < -0.39 is 18.0 Å². The van der Waals surface area contributed by atoms with E-state index in [0.717, 1.165) is 18.7 Å². The summed E-state index contributed by atoms with van der Waals surface area (Å²) in [7, 11) is 0. The highest BCUT2D eigenvalue weighted by Crippen LogP contribution is 2.49. The maximum Gasteiger partial charge on any atom is 0.443 e. The van der Waals surface area contributed by atoms with Crippen molar-refractivity contribution in [1.82, 2.24) is 4.90 Å². The third kappa shape index (κ3) is 1.77. The van der Waals surface area contributed by atoms with Crippen molar-refractivity contribution in [1.29, 1.82) is 0 Å². The molecule has 1 saturated heterocycles. The van der Waals surface area contributed by atoms with Gasteiger partial charge in [0.25, 0.3) is 0 Å². The second-order valence-electron chi connectivity index (χ2n) is 3.72. The van der Waals surface area contributed by atoms with E-state index >= 15 is 0 Å². The Morgan fingerprint density at radius 2 is 1.67 bits per heavy atom. The molecule has 0 radical (unpaired) electrons. The van der Waals surface area contributed by atoms with Crippen molar-refractivity contribution in [2.45, 2.75) is 24.9 Å². The van der Waals surface area contributed by atoms with E-state index in [0.29, 0.717) is 12.3 Å². The molecule has 0 aromatic rings. The Kier molecular flexibility index (Phi) is 2.84. The Morgan fingerprint density at radius 3 is 2.17 bits per heavy atom. The van der Waals surface area contributed by atoms with E-state index in [1.807, 2.05) is 0 Å². The van der Waals surface area contributed by atoms with Crippen LogP contribution in [0.1, 0.15) is 6.92 Å². The number of hydrogen-bond donors (Lipinski definition) is 0. The predicted octanol–water partition coefficient (Wildman–Crippen LogP) is 2.64. The summed E-state index contributed by atoms with van der Waals surface area (Å²) in [6.07, 6.45) is -11.2. The first-order valence-electron chi connectivity index (χ1n) is 4.78. The number of aliphatic imine (C=N–C) groups is 2. The Labute approximate surface area is 102 Å². The van der Waals surface area contributed by atoms with Crippen molar-refractivity contribution in [3.05, 3.63) is 0 Å². The molecule has 0 aliphatic carbocycles. The van der Waals surface area contributed by atoms with Crippen molar-refractivity contribution in [2.24, 2.45) is 9.98 Å². The van der Waals surface area contributed by atoms with Gasteiger partial charge in [0.15, 0.2) is 5.17 Å². The monoisotopic (exact) mass is 291 g/mol. The first kappa shape index (κ1) is 13.5. The summed E-state index contributed by atoms with van der Waals surface area (Å²) in [6.45, 7) is 1.43. The van der Waals surface area contributed by atoms with Crippen molar-refractivity contribution < 1.29 is 26.3 Å². The van der Waals surface area contributed by atoms with Crippen LogP contribution in [0.5, 0.6) is 0 Å². The van der Waals surface area contributed by atoms with Gasteiger partial charge in [0, 0.05) is 12.3 Å². The SMILES string of the molecule is CC1=NC(C(F)(F)F)(C(F)(F)F)N=C2SCCN12. The molecule has 18 heavy (non-hydrogen) atoms. The van der Waals surface area contributed by atoms with Crippen molar-refractivity contribution in [3.63, 3.8) is 0 Å². The maximum atomic E-state index is 12.8. The first-order valence-corrected chi connectivity index (χ1v) is 5.77. The summed E-state index contributed by atoms with van der Waals surface area (Å²) in [5.74, 6) is 0.0666. The number of halogens is 6. The van der Waals surface area contributed by atoms with Crippen molar-refractivity contribution in [3.8, 4) is 0 Å².